The van der Waals surface area contributed by atoms with Crippen LogP contribution in [-0.4, -0.2) is 23.1 Å². The Hall–Kier alpha value is -0.0951. The fourth-order valence-electron chi connectivity index (χ4n) is 0.272. The molecule has 0 unspecified atom stereocenters. The molecule has 0 aliphatic carbocycles. The van der Waals surface area contributed by atoms with Crippen molar-refractivity contribution in [1.82, 2.24) is 0 Å². The molecule has 0 bridgehead atoms. The van der Waals surface area contributed by atoms with E-state index in [0.29, 0.717) is 0 Å². The maximum Gasteiger partial charge on any atom is 0.635 e. The van der Waals surface area contributed by atoms with Gasteiger partial charge in [-0.1, -0.05) is 0 Å². The smallest absolute Gasteiger partial charge is 0.402 e. The van der Waals surface area contributed by atoms with Crippen LogP contribution >= 0.6 is 0 Å². The molecular formula is C3H10BNO3. The van der Waals surface area contributed by atoms with Gasteiger partial charge in [0.25, 0.3) is 0 Å². The number of hydrogen-bond donors (Lipinski definition) is 3. The van der Waals surface area contributed by atoms with Gasteiger partial charge in [-0.2, -0.15) is 0 Å². The quantitative estimate of drug-likeness (QED) is 0.311. The van der Waals surface area contributed by atoms with E-state index in [1.165, 1.54) is 13.8 Å². The van der Waals surface area contributed by atoms with Gasteiger partial charge < -0.3 is 20.4 Å². The Balaban J connectivity index is 3.39. The average molecular weight is 119 g/mol. The van der Waals surface area contributed by atoms with Crippen molar-refractivity contribution in [3.63, 3.8) is 0 Å². The fourth-order valence-corrected chi connectivity index (χ4v) is 0.272. The summed E-state index contributed by atoms with van der Waals surface area (Å²) in [6, 6.07) is 0. The highest BCUT2D eigenvalue weighted by Gasteiger charge is 2.19. The molecule has 4 N–H and O–H groups in total. The van der Waals surface area contributed by atoms with E-state index in [0.717, 1.165) is 0 Å². The van der Waals surface area contributed by atoms with E-state index in [1.807, 2.05) is 0 Å². The van der Waals surface area contributed by atoms with Gasteiger partial charge >= 0.3 is 7.32 Å². The Morgan fingerprint density at radius 1 is 1.50 bits per heavy atom. The predicted molar refractivity (Wildman–Crippen MR) is 29.5 cm³/mol. The minimum absolute atomic E-state index is 0.978. The highest BCUT2D eigenvalue weighted by Crippen LogP contribution is 1.97. The van der Waals surface area contributed by atoms with E-state index in [9.17, 15) is 0 Å². The van der Waals surface area contributed by atoms with Gasteiger partial charge in [0.15, 0.2) is 0 Å². The Bertz CT molecular complexity index is 69.4. The summed E-state index contributed by atoms with van der Waals surface area (Å²) in [5.41, 5.74) is 4.22. The second kappa shape index (κ2) is 2.45. The van der Waals surface area contributed by atoms with Crippen LogP contribution in [0, 0.1) is 0 Å². The molecule has 0 atom stereocenters. The standard InChI is InChI=1S/C3H10BNO3/c1-3(2,5)8-4(6)7/h6-7H,5H2,1-2H3. The third-order valence-corrected chi connectivity index (χ3v) is 0.409. The lowest BCUT2D eigenvalue weighted by atomic mass is 10.2. The highest BCUT2D eigenvalue weighted by atomic mass is 16.6. The van der Waals surface area contributed by atoms with Gasteiger partial charge in [-0.3, -0.25) is 0 Å². The molecule has 0 aromatic heterocycles. The molecule has 0 saturated carbocycles. The third kappa shape index (κ3) is 5.90. The van der Waals surface area contributed by atoms with Gasteiger partial charge in [-0.05, 0) is 13.8 Å². The van der Waals surface area contributed by atoms with E-state index in [4.69, 9.17) is 15.8 Å². The maximum absolute atomic E-state index is 8.14. The highest BCUT2D eigenvalue weighted by molar-refractivity contribution is 6.32. The molecule has 0 aliphatic heterocycles. The van der Waals surface area contributed by atoms with E-state index in [-0.39, 0.29) is 0 Å². The topological polar surface area (TPSA) is 75.7 Å². The molecule has 0 saturated heterocycles. The summed E-state index contributed by atoms with van der Waals surface area (Å²) in [6.07, 6.45) is 0. The molecule has 0 aromatic carbocycles. The van der Waals surface area contributed by atoms with Crippen molar-refractivity contribution in [2.45, 2.75) is 19.6 Å². The first-order valence-electron chi connectivity index (χ1n) is 2.24. The van der Waals surface area contributed by atoms with Crippen LogP contribution in [0.4, 0.5) is 0 Å². The lowest BCUT2D eigenvalue weighted by molar-refractivity contribution is 0.0552. The molecule has 0 spiro atoms. The van der Waals surface area contributed by atoms with Crippen molar-refractivity contribution < 1.29 is 14.7 Å². The summed E-state index contributed by atoms with van der Waals surface area (Å²) >= 11 is 0. The molecule has 0 radical (unpaired) electrons. The van der Waals surface area contributed by atoms with Crippen LogP contribution in [0.3, 0.4) is 0 Å². The lowest BCUT2D eigenvalue weighted by Gasteiger charge is -2.18. The molecule has 48 valence electrons. The SMILES string of the molecule is CC(C)(N)OB(O)O. The van der Waals surface area contributed by atoms with Crippen molar-refractivity contribution in [3.05, 3.63) is 0 Å². The van der Waals surface area contributed by atoms with Gasteiger partial charge in [-0.15, -0.1) is 0 Å². The van der Waals surface area contributed by atoms with Crippen molar-refractivity contribution >= 4 is 7.32 Å². The molecule has 5 heteroatoms. The zero-order chi connectivity index (χ0) is 6.78. The van der Waals surface area contributed by atoms with Crippen LogP contribution in [0.15, 0.2) is 0 Å². The molecule has 0 heterocycles. The van der Waals surface area contributed by atoms with Crippen molar-refractivity contribution in [2.24, 2.45) is 5.73 Å². The van der Waals surface area contributed by atoms with Gasteiger partial charge in [-0.25, -0.2) is 0 Å². The summed E-state index contributed by atoms with van der Waals surface area (Å²) in [6.45, 7) is 3.04. The molecular weight excluding hydrogens is 109 g/mol. The first-order valence-corrected chi connectivity index (χ1v) is 2.24. The number of nitrogens with two attached hydrogens (primary N) is 1. The van der Waals surface area contributed by atoms with Crippen molar-refractivity contribution in [1.29, 1.82) is 0 Å². The summed E-state index contributed by atoms with van der Waals surface area (Å²) in [5.74, 6) is 0. The van der Waals surface area contributed by atoms with Gasteiger partial charge in [0.1, 0.15) is 0 Å². The fraction of sp³-hybridized carbons (Fsp3) is 1.00. The first-order chi connectivity index (χ1) is 3.42. The normalized spacial score (nSPS) is 11.6. The Labute approximate surface area is 48.4 Å². The van der Waals surface area contributed by atoms with Crippen LogP contribution < -0.4 is 5.73 Å². The van der Waals surface area contributed by atoms with Crippen LogP contribution in [0.25, 0.3) is 0 Å². The molecule has 0 fully saturated rings. The maximum atomic E-state index is 8.14. The number of hydrogen-bond acceptors (Lipinski definition) is 4. The molecule has 4 nitrogen and oxygen atoms in total. The monoisotopic (exact) mass is 119 g/mol. The van der Waals surface area contributed by atoms with E-state index in [2.05, 4.69) is 4.65 Å². The third-order valence-electron chi connectivity index (χ3n) is 0.409. The Morgan fingerprint density at radius 2 is 1.88 bits per heavy atom. The zero-order valence-electron chi connectivity index (χ0n) is 4.96. The summed E-state index contributed by atoms with van der Waals surface area (Å²) < 4.78 is 4.33. The Kier molecular flexibility index (Phi) is 2.42. The molecule has 0 rings (SSSR count). The summed E-state index contributed by atoms with van der Waals surface area (Å²) in [5, 5.41) is 16.3. The molecule has 0 aromatic rings. The van der Waals surface area contributed by atoms with Crippen molar-refractivity contribution in [3.8, 4) is 0 Å². The minimum Gasteiger partial charge on any atom is -0.402 e. The molecule has 0 aliphatic rings. The zero-order valence-corrected chi connectivity index (χ0v) is 4.96. The predicted octanol–water partition coefficient (Wildman–Crippen LogP) is -1.33. The van der Waals surface area contributed by atoms with Gasteiger partial charge in [0.2, 0.25) is 0 Å². The van der Waals surface area contributed by atoms with Crippen LogP contribution in [0.2, 0.25) is 0 Å². The van der Waals surface area contributed by atoms with E-state index >= 15 is 0 Å². The van der Waals surface area contributed by atoms with E-state index < -0.39 is 13.0 Å². The Morgan fingerprint density at radius 3 is 1.88 bits per heavy atom. The van der Waals surface area contributed by atoms with Gasteiger partial charge in [0.05, 0.1) is 5.72 Å². The van der Waals surface area contributed by atoms with Crippen molar-refractivity contribution in [2.75, 3.05) is 0 Å². The molecule has 8 heavy (non-hydrogen) atoms. The summed E-state index contributed by atoms with van der Waals surface area (Å²) in [7, 11) is -1.78. The van der Waals surface area contributed by atoms with Gasteiger partial charge in [0, 0.05) is 0 Å². The van der Waals surface area contributed by atoms with E-state index in [1.54, 1.807) is 0 Å². The molecule has 0 amide bonds. The number of rotatable bonds is 2. The minimum atomic E-state index is -1.78. The summed E-state index contributed by atoms with van der Waals surface area (Å²) in [4.78, 5) is 0. The van der Waals surface area contributed by atoms with Crippen LogP contribution in [0.1, 0.15) is 13.8 Å². The van der Waals surface area contributed by atoms with Crippen LogP contribution in [-0.2, 0) is 4.65 Å². The van der Waals surface area contributed by atoms with Crippen LogP contribution in [0.5, 0.6) is 0 Å². The second-order valence-corrected chi connectivity index (χ2v) is 2.05. The second-order valence-electron chi connectivity index (χ2n) is 2.05. The average Bonchev–Trinajstić information content (AvgIpc) is 1.21. The lowest BCUT2D eigenvalue weighted by Crippen LogP contribution is -2.41. The largest absolute Gasteiger partial charge is 0.635 e. The first kappa shape index (κ1) is 7.90.